The molecule has 5 heteroatoms. The summed E-state index contributed by atoms with van der Waals surface area (Å²) in [5, 5.41) is 11.6. The van der Waals surface area contributed by atoms with Gasteiger partial charge in [-0.2, -0.15) is 0 Å². The molecule has 0 radical (unpaired) electrons. The van der Waals surface area contributed by atoms with Crippen LogP contribution in [0.3, 0.4) is 0 Å². The number of oxime groups is 1. The Labute approximate surface area is 121 Å². The quantitative estimate of drug-likeness (QED) is 0.227. The second-order valence-electron chi connectivity index (χ2n) is 4.63. The summed E-state index contributed by atoms with van der Waals surface area (Å²) in [5.41, 5.74) is 6.66. The molecule has 0 saturated heterocycles. The fraction of sp³-hybridized carbons (Fsp3) is 0.533. The Balaban J connectivity index is 2.47. The number of nitrogens with zero attached hydrogens (tertiary/aromatic N) is 2. The van der Waals surface area contributed by atoms with Crippen molar-refractivity contribution >= 4 is 11.5 Å². The van der Waals surface area contributed by atoms with E-state index in [1.807, 2.05) is 18.2 Å². The third-order valence-corrected chi connectivity index (χ3v) is 3.04. The lowest BCUT2D eigenvalue weighted by Crippen LogP contribution is -2.31. The highest BCUT2D eigenvalue weighted by atomic mass is 16.5. The zero-order valence-corrected chi connectivity index (χ0v) is 12.2. The van der Waals surface area contributed by atoms with Crippen LogP contribution in [0.2, 0.25) is 0 Å². The highest BCUT2D eigenvalue weighted by Gasteiger charge is 2.07. The number of rotatable bonds is 10. The van der Waals surface area contributed by atoms with E-state index in [-0.39, 0.29) is 5.84 Å². The zero-order chi connectivity index (χ0) is 14.6. The fourth-order valence-electron chi connectivity index (χ4n) is 1.83. The third kappa shape index (κ3) is 6.43. The van der Waals surface area contributed by atoms with Gasteiger partial charge in [0.2, 0.25) is 0 Å². The number of nitrogens with two attached hydrogens (primary N) is 1. The van der Waals surface area contributed by atoms with Crippen LogP contribution in [0.1, 0.15) is 26.2 Å². The Hall–Kier alpha value is -1.75. The Morgan fingerprint density at radius 2 is 2.00 bits per heavy atom. The molecule has 0 unspecified atom stereocenters. The first-order chi connectivity index (χ1) is 9.77. The van der Waals surface area contributed by atoms with Gasteiger partial charge in [0.1, 0.15) is 5.84 Å². The van der Waals surface area contributed by atoms with E-state index in [9.17, 15) is 0 Å². The normalized spacial score (nSPS) is 11.6. The van der Waals surface area contributed by atoms with Gasteiger partial charge >= 0.3 is 0 Å². The van der Waals surface area contributed by atoms with E-state index >= 15 is 0 Å². The summed E-state index contributed by atoms with van der Waals surface area (Å²) in [6.07, 6.45) is 2.77. The molecule has 0 amide bonds. The number of benzene rings is 1. The summed E-state index contributed by atoms with van der Waals surface area (Å²) in [7, 11) is 0. The molecule has 5 nitrogen and oxygen atoms in total. The Kier molecular flexibility index (Phi) is 8.22. The van der Waals surface area contributed by atoms with Crippen molar-refractivity contribution in [1.82, 2.24) is 0 Å². The molecule has 1 rings (SSSR count). The molecule has 3 N–H and O–H groups in total. The maximum absolute atomic E-state index is 8.61. The van der Waals surface area contributed by atoms with E-state index in [2.05, 4.69) is 29.1 Å². The van der Waals surface area contributed by atoms with Crippen LogP contribution in [0.4, 0.5) is 5.69 Å². The molecule has 0 saturated carbocycles. The predicted octanol–water partition coefficient (Wildman–Crippen LogP) is 2.45. The smallest absolute Gasteiger partial charge is 0.140 e. The van der Waals surface area contributed by atoms with Gasteiger partial charge in [0.05, 0.1) is 6.61 Å². The van der Waals surface area contributed by atoms with Crippen LogP contribution in [0.25, 0.3) is 0 Å². The second-order valence-corrected chi connectivity index (χ2v) is 4.63. The molecule has 0 heterocycles. The summed E-state index contributed by atoms with van der Waals surface area (Å²) in [4.78, 5) is 2.18. The van der Waals surface area contributed by atoms with Gasteiger partial charge in [-0.15, -0.1) is 0 Å². The number of para-hydroxylation sites is 1. The van der Waals surface area contributed by atoms with Gasteiger partial charge in [-0.25, -0.2) is 0 Å². The lowest BCUT2D eigenvalue weighted by molar-refractivity contribution is 0.137. The van der Waals surface area contributed by atoms with Crippen molar-refractivity contribution in [3.63, 3.8) is 0 Å². The van der Waals surface area contributed by atoms with Gasteiger partial charge in [-0.3, -0.25) is 0 Å². The minimum atomic E-state index is 0.248. The number of hydrogen-bond acceptors (Lipinski definition) is 4. The van der Waals surface area contributed by atoms with Crippen molar-refractivity contribution in [2.75, 3.05) is 31.2 Å². The molecule has 0 aliphatic heterocycles. The van der Waals surface area contributed by atoms with Crippen LogP contribution in [0.5, 0.6) is 0 Å². The maximum atomic E-state index is 8.61. The number of unbranched alkanes of at least 4 members (excludes halogenated alkanes) is 1. The maximum Gasteiger partial charge on any atom is 0.140 e. The number of anilines is 1. The Bertz CT molecular complexity index is 382. The van der Waals surface area contributed by atoms with Gasteiger partial charge in [0, 0.05) is 31.8 Å². The van der Waals surface area contributed by atoms with Crippen molar-refractivity contribution < 1.29 is 9.94 Å². The van der Waals surface area contributed by atoms with Crippen LogP contribution in [-0.2, 0) is 4.74 Å². The lowest BCUT2D eigenvalue weighted by Gasteiger charge is -2.24. The fourth-order valence-corrected chi connectivity index (χ4v) is 1.83. The minimum Gasteiger partial charge on any atom is -0.409 e. The van der Waals surface area contributed by atoms with Gasteiger partial charge in [0.25, 0.3) is 0 Å². The molecule has 1 aromatic carbocycles. The van der Waals surface area contributed by atoms with E-state index in [1.54, 1.807) is 0 Å². The highest BCUT2D eigenvalue weighted by molar-refractivity contribution is 5.80. The van der Waals surface area contributed by atoms with Crippen LogP contribution in [-0.4, -0.2) is 37.3 Å². The van der Waals surface area contributed by atoms with Crippen molar-refractivity contribution in [2.24, 2.45) is 10.9 Å². The monoisotopic (exact) mass is 279 g/mol. The molecular formula is C15H25N3O2. The average Bonchev–Trinajstić information content (AvgIpc) is 2.50. The molecule has 112 valence electrons. The lowest BCUT2D eigenvalue weighted by atomic mass is 10.2. The van der Waals surface area contributed by atoms with Crippen molar-refractivity contribution in [3.8, 4) is 0 Å². The van der Waals surface area contributed by atoms with Crippen LogP contribution in [0, 0.1) is 0 Å². The van der Waals surface area contributed by atoms with E-state index < -0.39 is 0 Å². The summed E-state index contributed by atoms with van der Waals surface area (Å²) in [5.74, 6) is 0.248. The van der Waals surface area contributed by atoms with Crippen LogP contribution < -0.4 is 10.6 Å². The van der Waals surface area contributed by atoms with Crippen LogP contribution >= 0.6 is 0 Å². The first-order valence-electron chi connectivity index (χ1n) is 7.12. The van der Waals surface area contributed by atoms with E-state index in [0.29, 0.717) is 19.6 Å². The number of hydrogen-bond donors (Lipinski definition) is 2. The van der Waals surface area contributed by atoms with Crippen molar-refractivity contribution in [3.05, 3.63) is 30.3 Å². The highest BCUT2D eigenvalue weighted by Crippen LogP contribution is 2.13. The summed E-state index contributed by atoms with van der Waals surface area (Å²) < 4.78 is 5.61. The van der Waals surface area contributed by atoms with Crippen molar-refractivity contribution in [1.29, 1.82) is 0 Å². The molecule has 0 spiro atoms. The standard InChI is InChI=1S/C15H25N3O2/c1-2-3-12-20-13-11-18(10-9-15(16)17-19)14-7-5-4-6-8-14/h4-8,19H,2-3,9-13H2,1H3,(H2,16,17). The molecule has 0 aliphatic carbocycles. The van der Waals surface area contributed by atoms with Gasteiger partial charge in [0.15, 0.2) is 0 Å². The topological polar surface area (TPSA) is 71.1 Å². The molecule has 0 bridgehead atoms. The Morgan fingerprint density at radius 3 is 2.65 bits per heavy atom. The second kappa shape index (κ2) is 10.1. The zero-order valence-electron chi connectivity index (χ0n) is 12.2. The number of amidine groups is 1. The Morgan fingerprint density at radius 1 is 1.25 bits per heavy atom. The first-order valence-corrected chi connectivity index (χ1v) is 7.12. The molecule has 1 aromatic rings. The molecule has 0 fully saturated rings. The molecule has 0 aliphatic rings. The average molecular weight is 279 g/mol. The van der Waals surface area contributed by atoms with Gasteiger partial charge < -0.3 is 20.6 Å². The summed E-state index contributed by atoms with van der Waals surface area (Å²) in [6, 6.07) is 10.1. The predicted molar refractivity (Wildman–Crippen MR) is 82.4 cm³/mol. The molecule has 20 heavy (non-hydrogen) atoms. The number of ether oxygens (including phenoxy) is 1. The van der Waals surface area contributed by atoms with E-state index in [4.69, 9.17) is 15.7 Å². The first kappa shape index (κ1) is 16.3. The van der Waals surface area contributed by atoms with E-state index in [1.165, 1.54) is 0 Å². The van der Waals surface area contributed by atoms with Gasteiger partial charge in [-0.05, 0) is 18.6 Å². The molecule has 0 atom stereocenters. The van der Waals surface area contributed by atoms with Crippen molar-refractivity contribution in [2.45, 2.75) is 26.2 Å². The minimum absolute atomic E-state index is 0.248. The summed E-state index contributed by atoms with van der Waals surface area (Å²) >= 11 is 0. The largest absolute Gasteiger partial charge is 0.409 e. The van der Waals surface area contributed by atoms with E-state index in [0.717, 1.165) is 31.7 Å². The van der Waals surface area contributed by atoms with Crippen LogP contribution in [0.15, 0.2) is 35.5 Å². The SMILES string of the molecule is CCCCOCCN(CCC(N)=NO)c1ccccc1. The van der Waals surface area contributed by atoms with Gasteiger partial charge in [-0.1, -0.05) is 36.7 Å². The molecule has 0 aromatic heterocycles. The molecular weight excluding hydrogens is 254 g/mol. The third-order valence-electron chi connectivity index (χ3n) is 3.04. The summed E-state index contributed by atoms with van der Waals surface area (Å²) in [6.45, 7) is 5.14.